The second-order valence-corrected chi connectivity index (χ2v) is 6.77. The van der Waals surface area contributed by atoms with E-state index in [-0.39, 0.29) is 5.78 Å². The van der Waals surface area contributed by atoms with Gasteiger partial charge in [-0.05, 0) is 70.2 Å². The first-order valence-corrected chi connectivity index (χ1v) is 9.12. The van der Waals surface area contributed by atoms with Gasteiger partial charge in [-0.2, -0.15) is 0 Å². The second-order valence-electron chi connectivity index (χ2n) is 6.77. The molecule has 0 spiro atoms. The Labute approximate surface area is 168 Å². The zero-order chi connectivity index (χ0) is 21.1. The van der Waals surface area contributed by atoms with Crippen molar-refractivity contribution in [2.24, 2.45) is 0 Å². The van der Waals surface area contributed by atoms with E-state index in [1.165, 1.54) is 13.8 Å². The number of carbonyl (C=O) groups excluding carboxylic acids is 3. The molecule has 148 valence electrons. The molecule has 0 bridgehead atoms. The molecule has 3 rings (SSSR count). The van der Waals surface area contributed by atoms with Crippen molar-refractivity contribution in [3.63, 3.8) is 0 Å². The Bertz CT molecular complexity index is 1110. The van der Waals surface area contributed by atoms with Crippen molar-refractivity contribution in [2.75, 3.05) is 5.32 Å². The second kappa shape index (κ2) is 8.18. The van der Waals surface area contributed by atoms with Crippen LogP contribution < -0.4 is 5.32 Å². The SMILES string of the molecule is CC(=O)c1ccc(NC(=O)[C@H](C)OC(=O)c2ccc3nc(C)c(C)nc3c2)cc1. The molecular formula is C22H21N3O4. The maximum absolute atomic E-state index is 12.4. The molecule has 29 heavy (non-hydrogen) atoms. The Hall–Kier alpha value is -3.61. The zero-order valence-electron chi connectivity index (χ0n) is 16.6. The summed E-state index contributed by atoms with van der Waals surface area (Å²) in [5, 5.41) is 2.66. The Kier molecular flexibility index (Phi) is 5.68. The molecule has 0 aliphatic carbocycles. The first-order chi connectivity index (χ1) is 13.7. The summed E-state index contributed by atoms with van der Waals surface area (Å²) in [6.07, 6.45) is -1.00. The van der Waals surface area contributed by atoms with E-state index in [4.69, 9.17) is 4.74 Å². The monoisotopic (exact) mass is 391 g/mol. The molecule has 0 saturated carbocycles. The van der Waals surface area contributed by atoms with Crippen LogP contribution in [0.15, 0.2) is 42.5 Å². The number of carbonyl (C=O) groups is 3. The zero-order valence-corrected chi connectivity index (χ0v) is 16.6. The highest BCUT2D eigenvalue weighted by molar-refractivity contribution is 5.99. The summed E-state index contributed by atoms with van der Waals surface area (Å²) in [6, 6.07) is 11.4. The summed E-state index contributed by atoms with van der Waals surface area (Å²) in [4.78, 5) is 44.9. The first kappa shape index (κ1) is 20.1. The molecule has 0 fully saturated rings. The quantitative estimate of drug-likeness (QED) is 0.527. The van der Waals surface area contributed by atoms with E-state index in [1.54, 1.807) is 42.5 Å². The number of hydrogen-bond donors (Lipinski definition) is 1. The number of Topliss-reactive ketones (excluding diaryl/α,β-unsaturated/α-hetero) is 1. The number of aryl methyl sites for hydroxylation is 2. The van der Waals surface area contributed by atoms with Crippen LogP contribution in [0.25, 0.3) is 11.0 Å². The van der Waals surface area contributed by atoms with E-state index in [0.717, 1.165) is 11.4 Å². The molecule has 0 radical (unpaired) electrons. The van der Waals surface area contributed by atoms with Crippen molar-refractivity contribution in [1.29, 1.82) is 0 Å². The fourth-order valence-corrected chi connectivity index (χ4v) is 2.67. The van der Waals surface area contributed by atoms with Gasteiger partial charge in [-0.25, -0.2) is 14.8 Å². The van der Waals surface area contributed by atoms with Gasteiger partial charge in [0.2, 0.25) is 0 Å². The summed E-state index contributed by atoms with van der Waals surface area (Å²) >= 11 is 0. The molecule has 2 aromatic carbocycles. The number of benzene rings is 2. The third-order valence-corrected chi connectivity index (χ3v) is 4.52. The molecule has 1 amide bonds. The van der Waals surface area contributed by atoms with E-state index in [2.05, 4.69) is 15.3 Å². The Morgan fingerprint density at radius 1 is 0.897 bits per heavy atom. The molecule has 0 aliphatic heterocycles. The Morgan fingerprint density at radius 3 is 2.10 bits per heavy atom. The fraction of sp³-hybridized carbons (Fsp3) is 0.227. The van der Waals surface area contributed by atoms with E-state index >= 15 is 0 Å². The predicted octanol–water partition coefficient (Wildman–Crippen LogP) is 3.63. The number of nitrogens with one attached hydrogen (secondary N) is 1. The van der Waals surface area contributed by atoms with Crippen LogP contribution in [0.1, 0.15) is 46.0 Å². The molecule has 0 aliphatic rings. The largest absolute Gasteiger partial charge is 0.449 e. The number of hydrogen-bond acceptors (Lipinski definition) is 6. The van der Waals surface area contributed by atoms with E-state index in [9.17, 15) is 14.4 Å². The number of ketones is 1. The van der Waals surface area contributed by atoms with Crippen LogP contribution in [0.3, 0.4) is 0 Å². The van der Waals surface area contributed by atoms with Crippen LogP contribution in [-0.4, -0.2) is 33.7 Å². The average molecular weight is 391 g/mol. The Balaban J connectivity index is 1.67. The lowest BCUT2D eigenvalue weighted by molar-refractivity contribution is -0.123. The van der Waals surface area contributed by atoms with Gasteiger partial charge in [0.1, 0.15) is 0 Å². The number of rotatable bonds is 5. The van der Waals surface area contributed by atoms with Gasteiger partial charge in [0, 0.05) is 11.3 Å². The van der Waals surface area contributed by atoms with E-state index < -0.39 is 18.0 Å². The molecule has 1 heterocycles. The molecular weight excluding hydrogens is 370 g/mol. The standard InChI is InChI=1S/C22H21N3O4/c1-12-13(2)24-20-11-17(7-10-19(20)23-12)22(28)29-15(4)21(27)25-18-8-5-16(6-9-18)14(3)26/h5-11,15H,1-4H3,(H,25,27)/t15-/m0/s1. The van der Waals surface area contributed by atoms with Crippen molar-refractivity contribution in [2.45, 2.75) is 33.8 Å². The number of ether oxygens (including phenoxy) is 1. The van der Waals surface area contributed by atoms with Gasteiger partial charge in [0.05, 0.1) is 28.0 Å². The fourth-order valence-electron chi connectivity index (χ4n) is 2.67. The molecule has 0 saturated heterocycles. The molecule has 0 unspecified atom stereocenters. The lowest BCUT2D eigenvalue weighted by Crippen LogP contribution is -2.30. The number of aromatic nitrogens is 2. The van der Waals surface area contributed by atoms with Crippen LogP contribution in [-0.2, 0) is 9.53 Å². The topological polar surface area (TPSA) is 98.2 Å². The maximum Gasteiger partial charge on any atom is 0.338 e. The summed E-state index contributed by atoms with van der Waals surface area (Å²) < 4.78 is 5.28. The number of fused-ring (bicyclic) bond motifs is 1. The van der Waals surface area contributed by atoms with Gasteiger partial charge in [0.25, 0.3) is 5.91 Å². The average Bonchev–Trinajstić information content (AvgIpc) is 2.68. The highest BCUT2D eigenvalue weighted by atomic mass is 16.5. The van der Waals surface area contributed by atoms with Crippen molar-refractivity contribution < 1.29 is 19.1 Å². The molecule has 7 nitrogen and oxygen atoms in total. The number of nitrogens with zero attached hydrogens (tertiary/aromatic N) is 2. The lowest BCUT2D eigenvalue weighted by atomic mass is 10.1. The summed E-state index contributed by atoms with van der Waals surface area (Å²) in [5.74, 6) is -1.15. The summed E-state index contributed by atoms with van der Waals surface area (Å²) in [5.41, 5.74) is 4.23. The first-order valence-electron chi connectivity index (χ1n) is 9.12. The van der Waals surface area contributed by atoms with Gasteiger partial charge >= 0.3 is 5.97 Å². The highest BCUT2D eigenvalue weighted by Crippen LogP contribution is 2.16. The third-order valence-electron chi connectivity index (χ3n) is 4.52. The minimum Gasteiger partial charge on any atom is -0.449 e. The molecule has 1 aromatic heterocycles. The van der Waals surface area contributed by atoms with E-state index in [0.29, 0.717) is 27.8 Å². The summed E-state index contributed by atoms with van der Waals surface area (Å²) in [7, 11) is 0. The number of amides is 1. The van der Waals surface area contributed by atoms with Gasteiger partial charge in [-0.15, -0.1) is 0 Å². The van der Waals surface area contributed by atoms with Crippen molar-refractivity contribution in [3.8, 4) is 0 Å². The molecule has 1 atom stereocenters. The van der Waals surface area contributed by atoms with Gasteiger partial charge in [-0.3, -0.25) is 9.59 Å². The van der Waals surface area contributed by atoms with Crippen LogP contribution in [0.2, 0.25) is 0 Å². The predicted molar refractivity (Wildman–Crippen MR) is 109 cm³/mol. The van der Waals surface area contributed by atoms with Crippen molar-refractivity contribution >= 4 is 34.4 Å². The van der Waals surface area contributed by atoms with Crippen molar-refractivity contribution in [3.05, 3.63) is 65.0 Å². The van der Waals surface area contributed by atoms with Gasteiger partial charge in [0.15, 0.2) is 11.9 Å². The van der Waals surface area contributed by atoms with Crippen molar-refractivity contribution in [1.82, 2.24) is 9.97 Å². The Morgan fingerprint density at radius 2 is 1.48 bits per heavy atom. The van der Waals surface area contributed by atoms with Crippen LogP contribution in [0.5, 0.6) is 0 Å². The van der Waals surface area contributed by atoms with Gasteiger partial charge in [-0.1, -0.05) is 0 Å². The molecule has 3 aromatic rings. The molecule has 7 heteroatoms. The minimum absolute atomic E-state index is 0.0596. The van der Waals surface area contributed by atoms with Gasteiger partial charge < -0.3 is 10.1 Å². The number of esters is 1. The van der Waals surface area contributed by atoms with E-state index in [1.807, 2.05) is 13.8 Å². The van der Waals surface area contributed by atoms with Crippen LogP contribution in [0, 0.1) is 13.8 Å². The minimum atomic E-state index is -1.00. The summed E-state index contributed by atoms with van der Waals surface area (Å²) in [6.45, 7) is 6.68. The molecule has 1 N–H and O–H groups in total. The highest BCUT2D eigenvalue weighted by Gasteiger charge is 2.20. The smallest absolute Gasteiger partial charge is 0.338 e. The number of anilines is 1. The lowest BCUT2D eigenvalue weighted by Gasteiger charge is -2.14. The maximum atomic E-state index is 12.4. The normalized spacial score (nSPS) is 11.7. The third kappa shape index (κ3) is 4.63. The van der Waals surface area contributed by atoms with Crippen LogP contribution in [0.4, 0.5) is 5.69 Å². The van der Waals surface area contributed by atoms with Crippen LogP contribution >= 0.6 is 0 Å².